The molecule has 0 saturated carbocycles. The summed E-state index contributed by atoms with van der Waals surface area (Å²) < 4.78 is 37.7. The van der Waals surface area contributed by atoms with E-state index < -0.39 is 17.6 Å². The van der Waals surface area contributed by atoms with Crippen molar-refractivity contribution in [3.63, 3.8) is 0 Å². The number of fused-ring (bicyclic) bond motifs is 1. The first-order valence-corrected chi connectivity index (χ1v) is 9.73. The van der Waals surface area contributed by atoms with Crippen molar-refractivity contribution in [1.29, 1.82) is 0 Å². The highest BCUT2D eigenvalue weighted by Gasteiger charge is 2.30. The lowest BCUT2D eigenvalue weighted by Crippen LogP contribution is -2.33. The smallest absolute Gasteiger partial charge is 0.325 e. The van der Waals surface area contributed by atoms with Crippen LogP contribution in [0.3, 0.4) is 0 Å². The number of amides is 2. The fourth-order valence-corrected chi connectivity index (χ4v) is 3.73. The zero-order chi connectivity index (χ0) is 20.3. The van der Waals surface area contributed by atoms with Crippen molar-refractivity contribution in [2.45, 2.75) is 25.9 Å². The van der Waals surface area contributed by atoms with Crippen LogP contribution >= 0.6 is 11.8 Å². The molecule has 0 aliphatic carbocycles. The fourth-order valence-electron chi connectivity index (χ4n) is 3.06. The molecule has 0 unspecified atom stereocenters. The van der Waals surface area contributed by atoms with Crippen molar-refractivity contribution in [2.24, 2.45) is 0 Å². The Morgan fingerprint density at radius 2 is 1.86 bits per heavy atom. The molecule has 1 N–H and O–H groups in total. The van der Waals surface area contributed by atoms with E-state index in [-0.39, 0.29) is 16.7 Å². The minimum Gasteiger partial charge on any atom is -0.325 e. The topological polar surface area (TPSA) is 49.4 Å². The van der Waals surface area contributed by atoms with E-state index in [0.717, 1.165) is 53.6 Å². The van der Waals surface area contributed by atoms with Gasteiger partial charge in [-0.15, -0.1) is 0 Å². The number of carbonyl (C=O) groups excluding carboxylic acids is 2. The molecule has 0 spiro atoms. The summed E-state index contributed by atoms with van der Waals surface area (Å²) >= 11 is 0.880. The maximum Gasteiger partial charge on any atom is 0.416 e. The predicted molar refractivity (Wildman–Crippen MR) is 105 cm³/mol. The van der Waals surface area contributed by atoms with Crippen molar-refractivity contribution < 1.29 is 22.8 Å². The SMILES string of the molecule is Cc1ccc2c(c1)CCCN2C(=O)SCC(=O)Nc1ccc(C(F)(F)F)cc1. The summed E-state index contributed by atoms with van der Waals surface area (Å²) in [6.07, 6.45) is -2.64. The predicted octanol–water partition coefficient (Wildman–Crippen LogP) is 5.26. The van der Waals surface area contributed by atoms with Crippen LogP contribution in [0.15, 0.2) is 42.5 Å². The molecule has 148 valence electrons. The first-order valence-electron chi connectivity index (χ1n) is 8.75. The number of aryl methyl sites for hydroxylation is 2. The van der Waals surface area contributed by atoms with Gasteiger partial charge in [0.2, 0.25) is 5.91 Å². The van der Waals surface area contributed by atoms with Gasteiger partial charge in [0.25, 0.3) is 5.24 Å². The quantitative estimate of drug-likeness (QED) is 0.754. The Labute approximate surface area is 165 Å². The van der Waals surface area contributed by atoms with Crippen molar-refractivity contribution in [3.8, 4) is 0 Å². The van der Waals surface area contributed by atoms with Gasteiger partial charge in [-0.2, -0.15) is 13.2 Å². The van der Waals surface area contributed by atoms with Gasteiger partial charge in [-0.3, -0.25) is 9.59 Å². The Kier molecular flexibility index (Phi) is 5.98. The van der Waals surface area contributed by atoms with Crippen LogP contribution < -0.4 is 10.2 Å². The van der Waals surface area contributed by atoms with Crippen LogP contribution in [0.25, 0.3) is 0 Å². The van der Waals surface area contributed by atoms with E-state index in [1.54, 1.807) is 4.90 Å². The number of halogens is 3. The summed E-state index contributed by atoms with van der Waals surface area (Å²) in [5.41, 5.74) is 2.60. The minimum absolute atomic E-state index is 0.114. The molecule has 0 atom stereocenters. The van der Waals surface area contributed by atoms with E-state index in [1.165, 1.54) is 12.1 Å². The number of rotatable bonds is 3. The normalized spacial score (nSPS) is 13.8. The van der Waals surface area contributed by atoms with Gasteiger partial charge >= 0.3 is 6.18 Å². The van der Waals surface area contributed by atoms with Gasteiger partial charge in [-0.05, 0) is 55.7 Å². The van der Waals surface area contributed by atoms with E-state index in [4.69, 9.17) is 0 Å². The fraction of sp³-hybridized carbons (Fsp3) is 0.300. The molecule has 0 bridgehead atoms. The van der Waals surface area contributed by atoms with E-state index in [0.29, 0.717) is 6.54 Å². The second-order valence-corrected chi connectivity index (χ2v) is 7.49. The summed E-state index contributed by atoms with van der Waals surface area (Å²) in [5.74, 6) is -0.559. The maximum atomic E-state index is 12.6. The number of benzene rings is 2. The highest BCUT2D eigenvalue weighted by molar-refractivity contribution is 8.14. The highest BCUT2D eigenvalue weighted by atomic mass is 32.2. The lowest BCUT2D eigenvalue weighted by atomic mass is 10.0. The summed E-state index contributed by atoms with van der Waals surface area (Å²) in [5, 5.41) is 2.29. The summed E-state index contributed by atoms with van der Waals surface area (Å²) in [4.78, 5) is 26.3. The average Bonchev–Trinajstić information content (AvgIpc) is 2.65. The lowest BCUT2D eigenvalue weighted by molar-refractivity contribution is -0.137. The Bertz CT molecular complexity index is 882. The number of nitrogens with zero attached hydrogens (tertiary/aromatic N) is 1. The first kappa shape index (κ1) is 20.3. The minimum atomic E-state index is -4.42. The molecule has 28 heavy (non-hydrogen) atoms. The Morgan fingerprint density at radius 3 is 2.54 bits per heavy atom. The molecule has 3 rings (SSSR count). The van der Waals surface area contributed by atoms with Gasteiger partial charge in [0, 0.05) is 17.9 Å². The van der Waals surface area contributed by atoms with E-state index in [1.807, 2.05) is 19.1 Å². The Balaban J connectivity index is 1.56. The maximum absolute atomic E-state index is 12.6. The molecular weight excluding hydrogens is 389 g/mol. The monoisotopic (exact) mass is 408 g/mol. The second-order valence-electron chi connectivity index (χ2n) is 6.57. The molecule has 2 amide bonds. The zero-order valence-electron chi connectivity index (χ0n) is 15.2. The average molecular weight is 408 g/mol. The lowest BCUT2D eigenvalue weighted by Gasteiger charge is -2.29. The molecule has 1 heterocycles. The van der Waals surface area contributed by atoms with E-state index in [2.05, 4.69) is 11.4 Å². The largest absolute Gasteiger partial charge is 0.416 e. The second kappa shape index (κ2) is 8.26. The van der Waals surface area contributed by atoms with Gasteiger partial charge in [-0.25, -0.2) is 0 Å². The van der Waals surface area contributed by atoms with Crippen molar-refractivity contribution in [3.05, 3.63) is 59.2 Å². The van der Waals surface area contributed by atoms with E-state index >= 15 is 0 Å². The number of carbonyl (C=O) groups is 2. The van der Waals surface area contributed by atoms with Gasteiger partial charge in [0.15, 0.2) is 0 Å². The molecule has 2 aromatic carbocycles. The summed E-state index contributed by atoms with van der Waals surface area (Å²) in [6, 6.07) is 10.1. The van der Waals surface area contributed by atoms with Crippen molar-refractivity contribution in [1.82, 2.24) is 0 Å². The highest BCUT2D eigenvalue weighted by Crippen LogP contribution is 2.31. The van der Waals surface area contributed by atoms with Gasteiger partial charge in [0.1, 0.15) is 0 Å². The van der Waals surface area contributed by atoms with Crippen LogP contribution in [0.1, 0.15) is 23.1 Å². The van der Waals surface area contributed by atoms with E-state index in [9.17, 15) is 22.8 Å². The number of hydrogen-bond acceptors (Lipinski definition) is 3. The van der Waals surface area contributed by atoms with Crippen LogP contribution in [0, 0.1) is 6.92 Å². The molecule has 0 saturated heterocycles. The molecule has 1 aliphatic rings. The van der Waals surface area contributed by atoms with Gasteiger partial charge in [-0.1, -0.05) is 29.5 Å². The third-order valence-corrected chi connectivity index (χ3v) is 5.27. The first-order chi connectivity index (χ1) is 13.2. The number of nitrogens with one attached hydrogen (secondary N) is 1. The number of hydrogen-bond donors (Lipinski definition) is 1. The number of alkyl halides is 3. The molecule has 0 aromatic heterocycles. The number of anilines is 2. The standard InChI is InChI=1S/C20H19F3N2O2S/c1-13-4-9-17-14(11-13)3-2-10-25(17)19(27)28-12-18(26)24-16-7-5-15(6-8-16)20(21,22)23/h4-9,11H,2-3,10,12H2,1H3,(H,24,26). The molecule has 8 heteroatoms. The molecule has 2 aromatic rings. The van der Waals surface area contributed by atoms with Crippen LogP contribution in [0.2, 0.25) is 0 Å². The summed E-state index contributed by atoms with van der Waals surface area (Å²) in [6.45, 7) is 2.60. The summed E-state index contributed by atoms with van der Waals surface area (Å²) in [7, 11) is 0. The Morgan fingerprint density at radius 1 is 1.14 bits per heavy atom. The molecule has 4 nitrogen and oxygen atoms in total. The molecule has 0 fully saturated rings. The van der Waals surface area contributed by atoms with Gasteiger partial charge < -0.3 is 10.2 Å². The Hall–Kier alpha value is -2.48. The molecule has 0 radical (unpaired) electrons. The molecular formula is C20H19F3N2O2S. The zero-order valence-corrected chi connectivity index (χ0v) is 16.0. The third-order valence-electron chi connectivity index (χ3n) is 4.40. The molecule has 1 aliphatic heterocycles. The van der Waals surface area contributed by atoms with Crippen molar-refractivity contribution >= 4 is 34.3 Å². The third kappa shape index (κ3) is 4.86. The van der Waals surface area contributed by atoms with Gasteiger partial charge in [0.05, 0.1) is 11.3 Å². The van der Waals surface area contributed by atoms with Crippen molar-refractivity contribution in [2.75, 3.05) is 22.5 Å². The van der Waals surface area contributed by atoms with Crippen LogP contribution in [0.5, 0.6) is 0 Å². The van der Waals surface area contributed by atoms with Crippen LogP contribution in [-0.4, -0.2) is 23.4 Å². The van der Waals surface area contributed by atoms with Crippen LogP contribution in [-0.2, 0) is 17.4 Å². The van der Waals surface area contributed by atoms with Crippen LogP contribution in [0.4, 0.5) is 29.3 Å². The number of thioether (sulfide) groups is 1.